The van der Waals surface area contributed by atoms with Crippen molar-refractivity contribution < 1.29 is 4.79 Å². The number of hydrogen-bond acceptors (Lipinski definition) is 5. The molecule has 2 aliphatic rings. The molecular formula is C18H21ClN4O2S. The first-order valence-corrected chi connectivity index (χ1v) is 10.1. The van der Waals surface area contributed by atoms with E-state index in [-0.39, 0.29) is 18.0 Å². The van der Waals surface area contributed by atoms with Gasteiger partial charge in [0.2, 0.25) is 5.91 Å². The number of thiophene rings is 1. The third-order valence-electron chi connectivity index (χ3n) is 4.98. The van der Waals surface area contributed by atoms with Gasteiger partial charge in [-0.2, -0.15) is 5.10 Å². The van der Waals surface area contributed by atoms with Crippen molar-refractivity contribution in [3.05, 3.63) is 49.0 Å². The van der Waals surface area contributed by atoms with Gasteiger partial charge in [0.1, 0.15) is 6.54 Å². The number of aromatic nitrogens is 2. The zero-order chi connectivity index (χ0) is 18.1. The Morgan fingerprint density at radius 2 is 2.04 bits per heavy atom. The average molecular weight is 393 g/mol. The van der Waals surface area contributed by atoms with Gasteiger partial charge in [0.15, 0.2) is 0 Å². The van der Waals surface area contributed by atoms with Crippen LogP contribution in [0, 0.1) is 0 Å². The second kappa shape index (κ2) is 7.50. The lowest BCUT2D eigenvalue weighted by Crippen LogP contribution is -2.38. The summed E-state index contributed by atoms with van der Waals surface area (Å²) in [6, 6.07) is 5.60. The summed E-state index contributed by atoms with van der Waals surface area (Å²) in [5.74, 6) is -0.0101. The second-order valence-corrected chi connectivity index (χ2v) is 8.67. The number of carbonyl (C=O) groups excluding carboxylic acids is 1. The lowest BCUT2D eigenvalue weighted by molar-refractivity contribution is -0.131. The number of amides is 1. The van der Waals surface area contributed by atoms with Crippen molar-refractivity contribution in [2.75, 3.05) is 19.6 Å². The van der Waals surface area contributed by atoms with E-state index in [0.29, 0.717) is 6.54 Å². The Hall–Kier alpha value is -1.70. The molecule has 0 spiro atoms. The Morgan fingerprint density at radius 3 is 2.77 bits per heavy atom. The predicted octanol–water partition coefficient (Wildman–Crippen LogP) is 2.14. The molecule has 8 heteroatoms. The number of fused-ring (bicyclic) bond motifs is 1. The molecular weight excluding hydrogens is 372 g/mol. The van der Waals surface area contributed by atoms with Crippen LogP contribution in [0.2, 0.25) is 4.34 Å². The van der Waals surface area contributed by atoms with Gasteiger partial charge in [-0.3, -0.25) is 14.5 Å². The molecule has 6 nitrogen and oxygen atoms in total. The van der Waals surface area contributed by atoms with Gasteiger partial charge < -0.3 is 4.90 Å². The zero-order valence-electron chi connectivity index (χ0n) is 14.5. The van der Waals surface area contributed by atoms with E-state index < -0.39 is 0 Å². The molecule has 4 rings (SSSR count). The number of hydrogen-bond donors (Lipinski definition) is 0. The third kappa shape index (κ3) is 3.84. The van der Waals surface area contributed by atoms with Crippen molar-refractivity contribution in [2.24, 2.45) is 0 Å². The van der Waals surface area contributed by atoms with Crippen molar-refractivity contribution in [3.63, 3.8) is 0 Å². The summed E-state index contributed by atoms with van der Waals surface area (Å²) in [6.45, 7) is 4.04. The van der Waals surface area contributed by atoms with Crippen molar-refractivity contribution in [2.45, 2.75) is 38.9 Å². The average Bonchev–Trinajstić information content (AvgIpc) is 3.28. The third-order valence-corrected chi connectivity index (χ3v) is 6.19. The quantitative estimate of drug-likeness (QED) is 0.799. The molecule has 0 aliphatic carbocycles. The van der Waals surface area contributed by atoms with E-state index in [1.54, 1.807) is 17.4 Å². The fourth-order valence-corrected chi connectivity index (χ4v) is 4.73. The summed E-state index contributed by atoms with van der Waals surface area (Å²) in [5.41, 5.74) is 1.70. The van der Waals surface area contributed by atoms with Crippen molar-refractivity contribution in [3.8, 4) is 0 Å². The molecule has 2 aliphatic heterocycles. The smallest absolute Gasteiger partial charge is 0.267 e. The monoisotopic (exact) mass is 392 g/mol. The summed E-state index contributed by atoms with van der Waals surface area (Å²) < 4.78 is 2.12. The lowest BCUT2D eigenvalue weighted by Gasteiger charge is -2.27. The maximum Gasteiger partial charge on any atom is 0.267 e. The highest BCUT2D eigenvalue weighted by Crippen LogP contribution is 2.25. The fourth-order valence-electron chi connectivity index (χ4n) is 3.60. The van der Waals surface area contributed by atoms with Crippen LogP contribution in [-0.2, 0) is 30.8 Å². The van der Waals surface area contributed by atoms with E-state index in [1.807, 2.05) is 17.0 Å². The Labute approximate surface area is 161 Å². The molecule has 0 N–H and O–H groups in total. The normalized spacial score (nSPS) is 17.5. The van der Waals surface area contributed by atoms with Gasteiger partial charge in [-0.1, -0.05) is 11.6 Å². The molecule has 1 saturated heterocycles. The van der Waals surface area contributed by atoms with Crippen LogP contribution in [0.15, 0.2) is 23.0 Å². The molecule has 26 heavy (non-hydrogen) atoms. The topological polar surface area (TPSA) is 58.4 Å². The minimum absolute atomic E-state index is 0.0101. The largest absolute Gasteiger partial charge is 0.341 e. The minimum Gasteiger partial charge on any atom is -0.341 e. The van der Waals surface area contributed by atoms with Gasteiger partial charge in [0.05, 0.1) is 10.0 Å². The maximum atomic E-state index is 12.4. The number of rotatable bonds is 4. The van der Waals surface area contributed by atoms with E-state index in [2.05, 4.69) is 10.00 Å². The van der Waals surface area contributed by atoms with Crippen LogP contribution < -0.4 is 5.56 Å². The molecule has 0 aromatic carbocycles. The van der Waals surface area contributed by atoms with Crippen molar-refractivity contribution in [1.82, 2.24) is 19.6 Å². The second-order valence-electron chi connectivity index (χ2n) is 6.87. The van der Waals surface area contributed by atoms with Gasteiger partial charge in [-0.25, -0.2) is 4.68 Å². The van der Waals surface area contributed by atoms with Crippen LogP contribution in [0.1, 0.15) is 29.0 Å². The van der Waals surface area contributed by atoms with Gasteiger partial charge in [0.25, 0.3) is 5.56 Å². The first kappa shape index (κ1) is 17.7. The highest BCUT2D eigenvalue weighted by molar-refractivity contribution is 7.16. The summed E-state index contributed by atoms with van der Waals surface area (Å²) >= 11 is 7.59. The standard InChI is InChI=1S/C18H21ClN4O2S/c19-16-4-3-14(26-16)11-21-8-5-15-13(10-21)9-17(24)23(20-15)12-18(25)22-6-1-2-7-22/h3-4,9H,1-2,5-8,10-12H2. The molecule has 2 aromatic rings. The Kier molecular flexibility index (Phi) is 5.11. The molecule has 1 fully saturated rings. The molecule has 0 atom stereocenters. The van der Waals surface area contributed by atoms with Crippen LogP contribution in [0.5, 0.6) is 0 Å². The van der Waals surface area contributed by atoms with E-state index in [1.165, 1.54) is 9.56 Å². The first-order valence-electron chi connectivity index (χ1n) is 8.93. The first-order chi connectivity index (χ1) is 12.6. The van der Waals surface area contributed by atoms with Crippen LogP contribution in [0.4, 0.5) is 0 Å². The van der Waals surface area contributed by atoms with Crippen LogP contribution in [0.3, 0.4) is 0 Å². The van der Waals surface area contributed by atoms with Crippen LogP contribution >= 0.6 is 22.9 Å². The minimum atomic E-state index is -0.197. The van der Waals surface area contributed by atoms with Gasteiger partial charge in [-0.05, 0) is 30.5 Å². The van der Waals surface area contributed by atoms with E-state index in [9.17, 15) is 9.59 Å². The van der Waals surface area contributed by atoms with E-state index >= 15 is 0 Å². The number of carbonyl (C=O) groups is 1. The van der Waals surface area contributed by atoms with Crippen LogP contribution in [0.25, 0.3) is 0 Å². The van der Waals surface area contributed by atoms with Gasteiger partial charge in [-0.15, -0.1) is 11.3 Å². The Bertz CT molecular complexity index is 872. The Morgan fingerprint density at radius 1 is 1.23 bits per heavy atom. The zero-order valence-corrected chi connectivity index (χ0v) is 16.1. The lowest BCUT2D eigenvalue weighted by atomic mass is 10.1. The molecule has 0 unspecified atom stereocenters. The molecule has 2 aromatic heterocycles. The maximum absolute atomic E-state index is 12.4. The van der Waals surface area contributed by atoms with E-state index in [4.69, 9.17) is 11.6 Å². The van der Waals surface area contributed by atoms with Crippen molar-refractivity contribution >= 4 is 28.8 Å². The van der Waals surface area contributed by atoms with Crippen molar-refractivity contribution in [1.29, 1.82) is 0 Å². The number of likely N-dealkylation sites (tertiary alicyclic amines) is 1. The highest BCUT2D eigenvalue weighted by Gasteiger charge is 2.22. The molecule has 1 amide bonds. The molecule has 138 valence electrons. The predicted molar refractivity (Wildman–Crippen MR) is 101 cm³/mol. The summed E-state index contributed by atoms with van der Waals surface area (Å²) in [5, 5.41) is 4.48. The van der Waals surface area contributed by atoms with E-state index in [0.717, 1.165) is 61.0 Å². The summed E-state index contributed by atoms with van der Waals surface area (Å²) in [4.78, 5) is 30.0. The molecule has 0 bridgehead atoms. The highest BCUT2D eigenvalue weighted by atomic mass is 35.5. The number of nitrogens with zero attached hydrogens (tertiary/aromatic N) is 4. The van der Waals surface area contributed by atoms with Crippen LogP contribution in [-0.4, -0.2) is 45.1 Å². The summed E-state index contributed by atoms with van der Waals surface area (Å²) in [6.07, 6.45) is 2.87. The van der Waals surface area contributed by atoms with Gasteiger partial charge >= 0.3 is 0 Å². The number of halogens is 1. The fraction of sp³-hybridized carbons (Fsp3) is 0.500. The van der Waals surface area contributed by atoms with Gasteiger partial charge in [0, 0.05) is 50.1 Å². The SMILES string of the molecule is O=C(Cn1nc2c(cc1=O)CN(Cc1ccc(Cl)s1)CC2)N1CCCC1. The Balaban J connectivity index is 1.46. The summed E-state index contributed by atoms with van der Waals surface area (Å²) in [7, 11) is 0. The molecule has 0 radical (unpaired) electrons. The molecule has 4 heterocycles. The molecule has 0 saturated carbocycles.